The summed E-state index contributed by atoms with van der Waals surface area (Å²) in [6.07, 6.45) is 0. The van der Waals surface area contributed by atoms with E-state index in [4.69, 9.17) is 4.42 Å². The highest BCUT2D eigenvalue weighted by molar-refractivity contribution is 6.22. The summed E-state index contributed by atoms with van der Waals surface area (Å²) >= 11 is 0. The standard InChI is InChI=1S/C40H25NO/c1-5-16-30-26(11-1)14-9-20-35(30)41(37-25-28-13-3-4-15-29(28)32-18-7-8-19-33(32)37)36-21-10-22-38-39(36)34-24-23-27-12-2-6-17-31(27)40(34)42-38/h1-25H. The average molecular weight is 536 g/mol. The SMILES string of the molecule is c1ccc2c(N(c3cc4ccccc4c4ccccc34)c3cccc4oc5c6ccccc6ccc5c34)cccc2c1. The van der Waals surface area contributed by atoms with Gasteiger partial charge < -0.3 is 9.32 Å². The third-order valence-corrected chi connectivity index (χ3v) is 8.60. The molecule has 8 aromatic carbocycles. The Morgan fingerprint density at radius 1 is 0.357 bits per heavy atom. The Kier molecular flexibility index (Phi) is 4.93. The van der Waals surface area contributed by atoms with Crippen LogP contribution < -0.4 is 4.90 Å². The van der Waals surface area contributed by atoms with Crippen molar-refractivity contribution in [1.82, 2.24) is 0 Å². The van der Waals surface area contributed by atoms with E-state index in [1.165, 1.54) is 37.7 Å². The molecule has 0 unspecified atom stereocenters. The smallest absolute Gasteiger partial charge is 0.143 e. The summed E-state index contributed by atoms with van der Waals surface area (Å²) < 4.78 is 6.65. The molecule has 1 aromatic heterocycles. The number of anilines is 3. The van der Waals surface area contributed by atoms with E-state index in [0.29, 0.717) is 0 Å². The Morgan fingerprint density at radius 2 is 0.952 bits per heavy atom. The van der Waals surface area contributed by atoms with E-state index in [9.17, 15) is 0 Å². The number of hydrogen-bond acceptors (Lipinski definition) is 2. The van der Waals surface area contributed by atoms with E-state index < -0.39 is 0 Å². The maximum absolute atomic E-state index is 6.65. The number of rotatable bonds is 3. The Hall–Kier alpha value is -5.60. The summed E-state index contributed by atoms with van der Waals surface area (Å²) in [5.74, 6) is 0. The van der Waals surface area contributed by atoms with Gasteiger partial charge in [-0.25, -0.2) is 0 Å². The molecule has 0 aliphatic carbocycles. The lowest BCUT2D eigenvalue weighted by atomic mass is 9.97. The second-order valence-corrected chi connectivity index (χ2v) is 10.9. The minimum atomic E-state index is 0.884. The number of furan rings is 1. The topological polar surface area (TPSA) is 16.4 Å². The zero-order valence-corrected chi connectivity index (χ0v) is 22.8. The van der Waals surface area contributed by atoms with Crippen LogP contribution in [-0.2, 0) is 0 Å². The summed E-state index contributed by atoms with van der Waals surface area (Å²) in [4.78, 5) is 2.45. The van der Waals surface area contributed by atoms with Crippen LogP contribution >= 0.6 is 0 Å². The fourth-order valence-electron chi connectivity index (χ4n) is 6.73. The second-order valence-electron chi connectivity index (χ2n) is 10.9. The highest BCUT2D eigenvalue weighted by atomic mass is 16.3. The van der Waals surface area contributed by atoms with Crippen molar-refractivity contribution < 1.29 is 4.42 Å². The first kappa shape index (κ1) is 23.1. The van der Waals surface area contributed by atoms with Gasteiger partial charge in [-0.15, -0.1) is 0 Å². The van der Waals surface area contributed by atoms with Crippen molar-refractivity contribution in [3.63, 3.8) is 0 Å². The molecular formula is C40H25NO. The predicted octanol–water partition coefficient (Wildman–Crippen LogP) is 11.7. The first-order chi connectivity index (χ1) is 20.8. The van der Waals surface area contributed by atoms with Crippen LogP contribution in [0.25, 0.3) is 65.0 Å². The molecule has 0 amide bonds. The van der Waals surface area contributed by atoms with Crippen LogP contribution in [-0.4, -0.2) is 0 Å². The van der Waals surface area contributed by atoms with Crippen molar-refractivity contribution in [1.29, 1.82) is 0 Å². The van der Waals surface area contributed by atoms with Gasteiger partial charge in [-0.2, -0.15) is 0 Å². The van der Waals surface area contributed by atoms with Crippen LogP contribution in [0.1, 0.15) is 0 Å². The van der Waals surface area contributed by atoms with Gasteiger partial charge in [-0.05, 0) is 57.3 Å². The first-order valence-corrected chi connectivity index (χ1v) is 14.4. The summed E-state index contributed by atoms with van der Waals surface area (Å²) in [7, 11) is 0. The molecular weight excluding hydrogens is 510 g/mol. The molecule has 0 atom stereocenters. The minimum absolute atomic E-state index is 0.884. The Labute approximate surface area is 242 Å². The highest BCUT2D eigenvalue weighted by Gasteiger charge is 2.23. The maximum atomic E-state index is 6.65. The molecule has 0 aliphatic rings. The third kappa shape index (κ3) is 3.33. The molecule has 0 radical (unpaired) electrons. The molecule has 2 nitrogen and oxygen atoms in total. The largest absolute Gasteiger partial charge is 0.455 e. The van der Waals surface area contributed by atoms with E-state index in [0.717, 1.165) is 44.4 Å². The molecule has 0 aliphatic heterocycles. The van der Waals surface area contributed by atoms with Crippen molar-refractivity contribution in [2.75, 3.05) is 4.90 Å². The zero-order valence-electron chi connectivity index (χ0n) is 22.8. The van der Waals surface area contributed by atoms with Crippen molar-refractivity contribution in [3.05, 3.63) is 152 Å². The second kappa shape index (κ2) is 8.95. The summed E-state index contributed by atoms with van der Waals surface area (Å²) in [5, 5.41) is 11.9. The van der Waals surface area contributed by atoms with Crippen LogP contribution in [0.4, 0.5) is 17.1 Å². The Bertz CT molecular complexity index is 2480. The Balaban J connectivity index is 1.46. The zero-order chi connectivity index (χ0) is 27.6. The van der Waals surface area contributed by atoms with Crippen LogP contribution in [0.15, 0.2) is 156 Å². The van der Waals surface area contributed by atoms with Gasteiger partial charge in [0, 0.05) is 21.5 Å². The Morgan fingerprint density at radius 3 is 1.79 bits per heavy atom. The van der Waals surface area contributed by atoms with Crippen LogP contribution in [0.5, 0.6) is 0 Å². The molecule has 196 valence electrons. The minimum Gasteiger partial charge on any atom is -0.455 e. The number of hydrogen-bond donors (Lipinski definition) is 0. The predicted molar refractivity (Wildman–Crippen MR) is 178 cm³/mol. The average Bonchev–Trinajstić information content (AvgIpc) is 3.45. The van der Waals surface area contributed by atoms with Crippen molar-refractivity contribution in [2.45, 2.75) is 0 Å². The van der Waals surface area contributed by atoms with Gasteiger partial charge >= 0.3 is 0 Å². The van der Waals surface area contributed by atoms with Crippen LogP contribution in [0.3, 0.4) is 0 Å². The molecule has 0 spiro atoms. The third-order valence-electron chi connectivity index (χ3n) is 8.60. The van der Waals surface area contributed by atoms with Crippen LogP contribution in [0.2, 0.25) is 0 Å². The lowest BCUT2D eigenvalue weighted by Crippen LogP contribution is -2.11. The van der Waals surface area contributed by atoms with E-state index in [1.54, 1.807) is 0 Å². The lowest BCUT2D eigenvalue weighted by molar-refractivity contribution is 0.672. The van der Waals surface area contributed by atoms with Gasteiger partial charge in [-0.3, -0.25) is 0 Å². The van der Waals surface area contributed by atoms with E-state index in [1.807, 2.05) is 0 Å². The fourth-order valence-corrected chi connectivity index (χ4v) is 6.73. The molecule has 42 heavy (non-hydrogen) atoms. The van der Waals surface area contributed by atoms with E-state index in [2.05, 4.69) is 157 Å². The molecule has 0 fully saturated rings. The molecule has 0 saturated heterocycles. The van der Waals surface area contributed by atoms with Crippen molar-refractivity contribution >= 4 is 82.1 Å². The molecule has 2 heteroatoms. The summed E-state index contributed by atoms with van der Waals surface area (Å²) in [6.45, 7) is 0. The fraction of sp³-hybridized carbons (Fsp3) is 0. The quantitative estimate of drug-likeness (QED) is 0.209. The van der Waals surface area contributed by atoms with E-state index >= 15 is 0 Å². The number of benzene rings is 8. The summed E-state index contributed by atoms with van der Waals surface area (Å²) in [6, 6.07) is 54.3. The summed E-state index contributed by atoms with van der Waals surface area (Å²) in [5.41, 5.74) is 5.18. The lowest BCUT2D eigenvalue weighted by Gasteiger charge is -2.29. The van der Waals surface area contributed by atoms with E-state index in [-0.39, 0.29) is 0 Å². The number of fused-ring (bicyclic) bond motifs is 9. The van der Waals surface area contributed by atoms with Gasteiger partial charge in [0.1, 0.15) is 11.2 Å². The van der Waals surface area contributed by atoms with Crippen molar-refractivity contribution in [2.24, 2.45) is 0 Å². The van der Waals surface area contributed by atoms with Gasteiger partial charge in [0.05, 0.1) is 22.4 Å². The van der Waals surface area contributed by atoms with Gasteiger partial charge in [-0.1, -0.05) is 121 Å². The van der Waals surface area contributed by atoms with Gasteiger partial charge in [0.25, 0.3) is 0 Å². The maximum Gasteiger partial charge on any atom is 0.143 e. The molecule has 0 saturated carbocycles. The van der Waals surface area contributed by atoms with Crippen LogP contribution in [0, 0.1) is 0 Å². The number of nitrogens with zero attached hydrogens (tertiary/aromatic N) is 1. The van der Waals surface area contributed by atoms with Gasteiger partial charge in [0.15, 0.2) is 0 Å². The molecule has 1 heterocycles. The first-order valence-electron chi connectivity index (χ1n) is 14.4. The monoisotopic (exact) mass is 535 g/mol. The van der Waals surface area contributed by atoms with Gasteiger partial charge in [0.2, 0.25) is 0 Å². The van der Waals surface area contributed by atoms with Crippen molar-refractivity contribution in [3.8, 4) is 0 Å². The molecule has 0 bridgehead atoms. The normalized spacial score (nSPS) is 11.8. The molecule has 0 N–H and O–H groups in total. The molecule has 9 rings (SSSR count). The highest BCUT2D eigenvalue weighted by Crippen LogP contribution is 2.48. The molecule has 9 aromatic rings.